The zero-order chi connectivity index (χ0) is 25.8. The second-order valence-corrected chi connectivity index (χ2v) is 8.37. The van der Waals surface area contributed by atoms with Crippen LogP contribution in [0.15, 0.2) is 42.5 Å². The van der Waals surface area contributed by atoms with E-state index in [0.717, 1.165) is 35.2 Å². The smallest absolute Gasteiger partial charge is 0.339 e. The van der Waals surface area contributed by atoms with Crippen LogP contribution in [0.25, 0.3) is 22.6 Å². The topological polar surface area (TPSA) is 130 Å². The molecule has 0 saturated heterocycles. The molecule has 0 saturated carbocycles. The van der Waals surface area contributed by atoms with E-state index >= 15 is 0 Å². The van der Waals surface area contributed by atoms with E-state index in [9.17, 15) is 14.4 Å². The third kappa shape index (κ3) is 5.00. The van der Waals surface area contributed by atoms with Crippen molar-refractivity contribution in [1.82, 2.24) is 10.3 Å². The number of benzene rings is 2. The number of ether oxygens (including phenoxy) is 3. The zero-order valence-electron chi connectivity index (χ0n) is 20.3. The quantitative estimate of drug-likeness (QED) is 0.503. The Morgan fingerprint density at radius 3 is 2.53 bits per heavy atom. The number of urea groups is 1. The van der Waals surface area contributed by atoms with Gasteiger partial charge in [0, 0.05) is 5.39 Å². The maximum absolute atomic E-state index is 13.4. The van der Waals surface area contributed by atoms with Gasteiger partial charge in [-0.15, -0.1) is 0 Å². The average Bonchev–Trinajstić information content (AvgIpc) is 2.86. The van der Waals surface area contributed by atoms with E-state index in [1.54, 1.807) is 20.3 Å². The Hall–Kier alpha value is -4.40. The molecule has 0 radical (unpaired) electrons. The van der Waals surface area contributed by atoms with Gasteiger partial charge in [-0.2, -0.15) is 0 Å². The van der Waals surface area contributed by atoms with Gasteiger partial charge in [-0.3, -0.25) is 10.1 Å². The van der Waals surface area contributed by atoms with Gasteiger partial charge >= 0.3 is 12.0 Å². The summed E-state index contributed by atoms with van der Waals surface area (Å²) in [5.41, 5.74) is 9.38. The van der Waals surface area contributed by atoms with E-state index < -0.39 is 24.0 Å². The number of hydrogen-bond acceptors (Lipinski definition) is 7. The lowest BCUT2D eigenvalue weighted by Crippen LogP contribution is -2.42. The second-order valence-electron chi connectivity index (χ2n) is 8.37. The van der Waals surface area contributed by atoms with E-state index in [-0.39, 0.29) is 0 Å². The van der Waals surface area contributed by atoms with E-state index in [2.05, 4.69) is 0 Å². The molecule has 4 rings (SSSR count). The minimum Gasteiger partial charge on any atom is -0.493 e. The molecule has 1 heterocycles. The highest BCUT2D eigenvalue weighted by Gasteiger charge is 2.28. The molecule has 3 aromatic rings. The van der Waals surface area contributed by atoms with Crippen molar-refractivity contribution in [3.05, 3.63) is 64.8 Å². The fourth-order valence-electron chi connectivity index (χ4n) is 4.35. The number of imide groups is 1. The molecule has 0 fully saturated rings. The molecule has 2 aromatic carbocycles. The first-order valence-corrected chi connectivity index (χ1v) is 11.5. The number of methoxy groups -OCH3 is 2. The Morgan fingerprint density at radius 2 is 1.81 bits per heavy atom. The Bertz CT molecular complexity index is 1380. The van der Waals surface area contributed by atoms with Crippen LogP contribution in [0.3, 0.4) is 0 Å². The SMILES string of the molecule is COc1ccc(C=C2CCCc3c2nc2ccccc2c3C(=O)OC(C)C(=O)NC(N)=O)cc1OC. The summed E-state index contributed by atoms with van der Waals surface area (Å²) in [7, 11) is 3.17. The van der Waals surface area contributed by atoms with Crippen molar-refractivity contribution in [3.8, 4) is 11.5 Å². The monoisotopic (exact) mass is 489 g/mol. The summed E-state index contributed by atoms with van der Waals surface area (Å²) < 4.78 is 16.2. The fourth-order valence-corrected chi connectivity index (χ4v) is 4.35. The highest BCUT2D eigenvalue weighted by Crippen LogP contribution is 2.37. The highest BCUT2D eigenvalue weighted by atomic mass is 16.5. The van der Waals surface area contributed by atoms with Crippen LogP contribution in [-0.4, -0.2) is 43.2 Å². The standard InChI is InChI=1S/C27H27N3O6/c1-15(25(31)30-27(28)33)36-26(32)23-18-8-4-5-10-20(18)29-24-17(7-6-9-19(23)24)13-16-11-12-21(34-2)22(14-16)35-3/h4-5,8,10-15H,6-7,9H2,1-3H3,(H3,28,30,31,33). The van der Waals surface area contributed by atoms with Crippen molar-refractivity contribution < 1.29 is 28.6 Å². The Labute approximate surface area is 208 Å². The van der Waals surface area contributed by atoms with Crippen LogP contribution in [0.5, 0.6) is 11.5 Å². The normalized spacial score (nSPS) is 14.6. The number of nitrogens with two attached hydrogens (primary N) is 1. The summed E-state index contributed by atoms with van der Waals surface area (Å²) in [6.07, 6.45) is 3.03. The predicted molar refractivity (Wildman–Crippen MR) is 135 cm³/mol. The largest absolute Gasteiger partial charge is 0.493 e. The number of hydrogen-bond donors (Lipinski definition) is 2. The van der Waals surface area contributed by atoms with Gasteiger partial charge < -0.3 is 19.9 Å². The molecule has 1 aliphatic rings. The lowest BCUT2D eigenvalue weighted by molar-refractivity contribution is -0.127. The third-order valence-electron chi connectivity index (χ3n) is 6.02. The van der Waals surface area contributed by atoms with E-state index in [0.29, 0.717) is 34.4 Å². The first kappa shape index (κ1) is 24.7. The van der Waals surface area contributed by atoms with Crippen molar-refractivity contribution in [2.45, 2.75) is 32.3 Å². The minimum absolute atomic E-state index is 0.368. The number of nitrogens with zero attached hydrogens (tertiary/aromatic N) is 1. The second kappa shape index (κ2) is 10.5. The van der Waals surface area contributed by atoms with Gasteiger partial charge in [0.1, 0.15) is 0 Å². The number of carbonyl (C=O) groups is 3. The number of allylic oxidation sites excluding steroid dienone is 1. The van der Waals surface area contributed by atoms with E-state index in [1.165, 1.54) is 6.92 Å². The van der Waals surface area contributed by atoms with Gasteiger partial charge in [0.25, 0.3) is 5.91 Å². The maximum Gasteiger partial charge on any atom is 0.339 e. The number of carbonyl (C=O) groups excluding carboxylic acids is 3. The van der Waals surface area contributed by atoms with Gasteiger partial charge in [0.05, 0.1) is 31.0 Å². The van der Waals surface area contributed by atoms with Crippen LogP contribution in [0.2, 0.25) is 0 Å². The number of primary amides is 1. The minimum atomic E-state index is -1.21. The van der Waals surface area contributed by atoms with Crippen molar-refractivity contribution in [3.63, 3.8) is 0 Å². The number of aromatic nitrogens is 1. The lowest BCUT2D eigenvalue weighted by Gasteiger charge is -2.23. The van der Waals surface area contributed by atoms with Gasteiger partial charge in [0.2, 0.25) is 0 Å². The first-order chi connectivity index (χ1) is 17.3. The van der Waals surface area contributed by atoms with Crippen molar-refractivity contribution >= 4 is 40.5 Å². The molecular weight excluding hydrogens is 462 g/mol. The summed E-state index contributed by atoms with van der Waals surface area (Å²) in [6.45, 7) is 1.38. The van der Waals surface area contributed by atoms with Crippen LogP contribution < -0.4 is 20.5 Å². The van der Waals surface area contributed by atoms with E-state index in [1.807, 2.05) is 47.8 Å². The van der Waals surface area contributed by atoms with Crippen LogP contribution in [-0.2, 0) is 16.0 Å². The highest BCUT2D eigenvalue weighted by molar-refractivity contribution is 6.07. The average molecular weight is 490 g/mol. The summed E-state index contributed by atoms with van der Waals surface area (Å²) in [4.78, 5) is 41.4. The van der Waals surface area contributed by atoms with Crippen molar-refractivity contribution in [2.24, 2.45) is 5.73 Å². The number of rotatable bonds is 6. The molecule has 1 atom stereocenters. The van der Waals surface area contributed by atoms with E-state index in [4.69, 9.17) is 24.9 Å². The number of esters is 1. The number of nitrogens with one attached hydrogen (secondary N) is 1. The molecule has 0 spiro atoms. The van der Waals surface area contributed by atoms with Gasteiger partial charge in [-0.25, -0.2) is 14.6 Å². The fraction of sp³-hybridized carbons (Fsp3) is 0.259. The van der Waals surface area contributed by atoms with Crippen LogP contribution >= 0.6 is 0 Å². The summed E-state index contributed by atoms with van der Waals surface area (Å²) in [5.74, 6) is -0.212. The zero-order valence-corrected chi connectivity index (χ0v) is 20.3. The molecule has 1 aliphatic carbocycles. The van der Waals surface area contributed by atoms with Gasteiger partial charge in [0.15, 0.2) is 17.6 Å². The number of amides is 3. The lowest BCUT2D eigenvalue weighted by atomic mass is 9.86. The van der Waals surface area contributed by atoms with Crippen LogP contribution in [0.1, 0.15) is 46.9 Å². The molecule has 9 heteroatoms. The molecule has 9 nitrogen and oxygen atoms in total. The maximum atomic E-state index is 13.4. The molecule has 0 aliphatic heterocycles. The third-order valence-corrected chi connectivity index (χ3v) is 6.02. The first-order valence-electron chi connectivity index (χ1n) is 11.5. The summed E-state index contributed by atoms with van der Waals surface area (Å²) >= 11 is 0. The molecule has 3 N–H and O–H groups in total. The van der Waals surface area contributed by atoms with Gasteiger partial charge in [-0.1, -0.05) is 24.3 Å². The Kier molecular flexibility index (Phi) is 7.19. The number of fused-ring (bicyclic) bond motifs is 2. The predicted octanol–water partition coefficient (Wildman–Crippen LogP) is 3.87. The van der Waals surface area contributed by atoms with Crippen molar-refractivity contribution in [2.75, 3.05) is 14.2 Å². The molecule has 186 valence electrons. The number of pyridine rings is 1. The molecule has 3 amide bonds. The summed E-state index contributed by atoms with van der Waals surface area (Å²) in [5, 5.41) is 2.57. The molecule has 1 unspecified atom stereocenters. The molecule has 0 bridgehead atoms. The van der Waals surface area contributed by atoms with Gasteiger partial charge in [-0.05, 0) is 67.2 Å². The molecule has 36 heavy (non-hydrogen) atoms. The Morgan fingerprint density at radius 1 is 1.06 bits per heavy atom. The summed E-state index contributed by atoms with van der Waals surface area (Å²) in [6, 6.07) is 11.9. The van der Waals surface area contributed by atoms with Crippen LogP contribution in [0, 0.1) is 0 Å². The van der Waals surface area contributed by atoms with Crippen LogP contribution in [0.4, 0.5) is 4.79 Å². The van der Waals surface area contributed by atoms with Crippen molar-refractivity contribution in [1.29, 1.82) is 0 Å². The molecular formula is C27H27N3O6. The number of para-hydroxylation sites is 1. The molecule has 1 aromatic heterocycles. The Balaban J connectivity index is 1.79.